The Labute approximate surface area is 179 Å². The molecule has 1 atom stereocenters. The summed E-state index contributed by atoms with van der Waals surface area (Å²) in [6, 6.07) is 17.6. The van der Waals surface area contributed by atoms with Crippen LogP contribution in [-0.4, -0.2) is 23.8 Å². The van der Waals surface area contributed by atoms with Gasteiger partial charge in [-0.15, -0.1) is 0 Å². The third kappa shape index (κ3) is 5.66. The van der Waals surface area contributed by atoms with Crippen molar-refractivity contribution < 1.29 is 18.8 Å². The number of halogens is 1. The van der Waals surface area contributed by atoms with Crippen molar-refractivity contribution in [1.29, 1.82) is 0 Å². The van der Waals surface area contributed by atoms with Crippen LogP contribution in [0.15, 0.2) is 66.7 Å². The lowest BCUT2D eigenvalue weighted by Gasteiger charge is -2.22. The van der Waals surface area contributed by atoms with Crippen molar-refractivity contribution in [3.05, 3.63) is 83.7 Å². The van der Waals surface area contributed by atoms with Crippen LogP contribution in [0.4, 0.5) is 4.39 Å². The minimum atomic E-state index is -0.837. The van der Waals surface area contributed by atoms with Crippen LogP contribution in [0, 0.1) is 11.7 Å². The second-order valence-electron chi connectivity index (χ2n) is 7.55. The van der Waals surface area contributed by atoms with Gasteiger partial charge in [-0.25, -0.2) is 4.39 Å². The number of carbonyl (C=O) groups excluding carboxylic acids is 3. The molecule has 160 valence electrons. The molecule has 0 spiro atoms. The number of carbonyl (C=O) groups is 3. The fraction of sp³-hybridized carbons (Fsp3) is 0.208. The molecule has 3 aromatic rings. The van der Waals surface area contributed by atoms with E-state index in [2.05, 4.69) is 16.2 Å². The number of amides is 3. The molecule has 0 aliphatic rings. The van der Waals surface area contributed by atoms with E-state index in [1.165, 1.54) is 12.1 Å². The molecule has 0 aliphatic heterocycles. The molecule has 0 unspecified atom stereocenters. The second kappa shape index (κ2) is 9.84. The number of hydrogen-bond donors (Lipinski definition) is 3. The Balaban J connectivity index is 1.61. The molecule has 31 heavy (non-hydrogen) atoms. The van der Waals surface area contributed by atoms with Gasteiger partial charge < -0.3 is 5.32 Å². The summed E-state index contributed by atoms with van der Waals surface area (Å²) in [5, 5.41) is 4.77. The van der Waals surface area contributed by atoms with Gasteiger partial charge >= 0.3 is 0 Å². The SMILES string of the molecule is CC(C)[C@H](NC(=O)Cc1cccc2ccccc12)C(=O)NNC(=O)c1ccc(F)cc1. The molecule has 0 fully saturated rings. The number of hydrogen-bond acceptors (Lipinski definition) is 3. The number of hydrazine groups is 1. The van der Waals surface area contributed by atoms with Gasteiger partial charge in [0, 0.05) is 5.56 Å². The molecule has 0 radical (unpaired) electrons. The molecular formula is C24H24FN3O3. The lowest BCUT2D eigenvalue weighted by atomic mass is 10.0. The van der Waals surface area contributed by atoms with Crippen molar-refractivity contribution in [3.63, 3.8) is 0 Å². The Kier molecular flexibility index (Phi) is 6.97. The zero-order chi connectivity index (χ0) is 22.4. The average molecular weight is 421 g/mol. The first-order valence-corrected chi connectivity index (χ1v) is 9.97. The van der Waals surface area contributed by atoms with E-state index in [1.54, 1.807) is 13.8 Å². The Morgan fingerprint density at radius 2 is 1.55 bits per heavy atom. The van der Waals surface area contributed by atoms with Gasteiger partial charge in [-0.2, -0.15) is 0 Å². The van der Waals surface area contributed by atoms with Gasteiger partial charge in [-0.3, -0.25) is 25.2 Å². The second-order valence-corrected chi connectivity index (χ2v) is 7.55. The molecule has 3 rings (SSSR count). The third-order valence-corrected chi connectivity index (χ3v) is 4.90. The highest BCUT2D eigenvalue weighted by Gasteiger charge is 2.25. The van der Waals surface area contributed by atoms with Gasteiger partial charge in [-0.1, -0.05) is 56.3 Å². The Bertz CT molecular complexity index is 1090. The first-order valence-electron chi connectivity index (χ1n) is 9.97. The summed E-state index contributed by atoms with van der Waals surface area (Å²) in [6.07, 6.45) is 0.125. The summed E-state index contributed by atoms with van der Waals surface area (Å²) in [5.41, 5.74) is 5.68. The maximum absolute atomic E-state index is 13.0. The first kappa shape index (κ1) is 22.0. The molecular weight excluding hydrogens is 397 g/mol. The fourth-order valence-electron chi connectivity index (χ4n) is 3.25. The molecule has 0 heterocycles. The van der Waals surface area contributed by atoms with Crippen LogP contribution in [0.25, 0.3) is 10.8 Å². The Morgan fingerprint density at radius 1 is 0.871 bits per heavy atom. The van der Waals surface area contributed by atoms with E-state index < -0.39 is 23.7 Å². The van der Waals surface area contributed by atoms with Gasteiger partial charge in [0.15, 0.2) is 0 Å². The highest BCUT2D eigenvalue weighted by molar-refractivity contribution is 5.97. The molecule has 3 aromatic carbocycles. The molecule has 0 bridgehead atoms. The summed E-state index contributed by atoms with van der Waals surface area (Å²) < 4.78 is 13.0. The topological polar surface area (TPSA) is 87.3 Å². The van der Waals surface area contributed by atoms with Crippen molar-refractivity contribution in [3.8, 4) is 0 Å². The lowest BCUT2D eigenvalue weighted by Crippen LogP contribution is -2.54. The zero-order valence-corrected chi connectivity index (χ0v) is 17.3. The van der Waals surface area contributed by atoms with E-state index in [0.717, 1.165) is 28.5 Å². The third-order valence-electron chi connectivity index (χ3n) is 4.90. The molecule has 6 nitrogen and oxygen atoms in total. The van der Waals surface area contributed by atoms with Gasteiger partial charge in [0.1, 0.15) is 11.9 Å². The lowest BCUT2D eigenvalue weighted by molar-refractivity contribution is -0.130. The van der Waals surface area contributed by atoms with Crippen LogP contribution < -0.4 is 16.2 Å². The summed E-state index contributed by atoms with van der Waals surface area (Å²) >= 11 is 0. The van der Waals surface area contributed by atoms with Crippen molar-refractivity contribution in [1.82, 2.24) is 16.2 Å². The van der Waals surface area contributed by atoms with Crippen LogP contribution in [0.1, 0.15) is 29.8 Å². The highest BCUT2D eigenvalue weighted by atomic mass is 19.1. The Morgan fingerprint density at radius 3 is 2.26 bits per heavy atom. The van der Waals surface area contributed by atoms with Crippen LogP contribution in [0.5, 0.6) is 0 Å². The van der Waals surface area contributed by atoms with E-state index in [1.807, 2.05) is 42.5 Å². The number of benzene rings is 3. The predicted molar refractivity (Wildman–Crippen MR) is 116 cm³/mol. The fourth-order valence-corrected chi connectivity index (χ4v) is 3.25. The maximum Gasteiger partial charge on any atom is 0.269 e. The minimum absolute atomic E-state index is 0.125. The van der Waals surface area contributed by atoms with Crippen molar-refractivity contribution in [2.75, 3.05) is 0 Å². The largest absolute Gasteiger partial charge is 0.344 e. The standard InChI is InChI=1S/C24H24FN3O3/c1-15(2)22(24(31)28-27-23(30)17-10-12-19(25)13-11-17)26-21(29)14-18-8-5-7-16-6-3-4-9-20(16)18/h3-13,15,22H,14H2,1-2H3,(H,26,29)(H,27,30)(H,28,31)/t22-/m0/s1. The van der Waals surface area contributed by atoms with E-state index in [0.29, 0.717) is 0 Å². The zero-order valence-electron chi connectivity index (χ0n) is 17.3. The Hall–Kier alpha value is -3.74. The molecule has 3 amide bonds. The molecule has 3 N–H and O–H groups in total. The number of fused-ring (bicyclic) bond motifs is 1. The predicted octanol–water partition coefficient (Wildman–Crippen LogP) is 3.12. The van der Waals surface area contributed by atoms with E-state index in [4.69, 9.17) is 0 Å². The normalized spacial score (nSPS) is 11.7. The van der Waals surface area contributed by atoms with Crippen molar-refractivity contribution in [2.24, 2.45) is 5.92 Å². The van der Waals surface area contributed by atoms with E-state index in [-0.39, 0.29) is 23.8 Å². The van der Waals surface area contributed by atoms with E-state index >= 15 is 0 Å². The summed E-state index contributed by atoms with van der Waals surface area (Å²) in [7, 11) is 0. The molecule has 0 saturated carbocycles. The minimum Gasteiger partial charge on any atom is -0.344 e. The molecule has 0 saturated heterocycles. The van der Waals surface area contributed by atoms with Crippen LogP contribution in [0.2, 0.25) is 0 Å². The maximum atomic E-state index is 13.0. The monoisotopic (exact) mass is 421 g/mol. The summed E-state index contributed by atoms with van der Waals surface area (Å²) in [5.74, 6) is -2.10. The highest BCUT2D eigenvalue weighted by Crippen LogP contribution is 2.19. The quantitative estimate of drug-likeness (QED) is 0.535. The number of rotatable bonds is 6. The number of nitrogens with one attached hydrogen (secondary N) is 3. The smallest absolute Gasteiger partial charge is 0.269 e. The van der Waals surface area contributed by atoms with Crippen LogP contribution in [-0.2, 0) is 16.0 Å². The van der Waals surface area contributed by atoms with Crippen molar-refractivity contribution >= 4 is 28.5 Å². The van der Waals surface area contributed by atoms with Gasteiger partial charge in [0.05, 0.1) is 6.42 Å². The average Bonchev–Trinajstić information content (AvgIpc) is 2.76. The van der Waals surface area contributed by atoms with Gasteiger partial charge in [-0.05, 0) is 46.5 Å². The summed E-state index contributed by atoms with van der Waals surface area (Å²) in [6.45, 7) is 3.59. The van der Waals surface area contributed by atoms with Crippen LogP contribution in [0.3, 0.4) is 0 Å². The summed E-state index contributed by atoms with van der Waals surface area (Å²) in [4.78, 5) is 37.3. The molecule has 0 aromatic heterocycles. The molecule has 7 heteroatoms. The van der Waals surface area contributed by atoms with Crippen LogP contribution >= 0.6 is 0 Å². The first-order chi connectivity index (χ1) is 14.8. The van der Waals surface area contributed by atoms with Gasteiger partial charge in [0.2, 0.25) is 5.91 Å². The van der Waals surface area contributed by atoms with Crippen molar-refractivity contribution in [2.45, 2.75) is 26.3 Å². The van der Waals surface area contributed by atoms with E-state index in [9.17, 15) is 18.8 Å². The van der Waals surface area contributed by atoms with Gasteiger partial charge in [0.25, 0.3) is 11.8 Å². The molecule has 0 aliphatic carbocycles.